The summed E-state index contributed by atoms with van der Waals surface area (Å²) < 4.78 is 10.6. The average molecular weight is 299 g/mol. The number of nitrogens with zero attached hydrogens (tertiary/aromatic N) is 2. The van der Waals surface area contributed by atoms with E-state index in [4.69, 9.17) is 21.1 Å². The Balaban J connectivity index is 1.73. The van der Waals surface area contributed by atoms with E-state index in [2.05, 4.69) is 21.9 Å². The molecule has 0 atom stereocenters. The van der Waals surface area contributed by atoms with E-state index in [1.165, 1.54) is 5.69 Å². The van der Waals surface area contributed by atoms with Gasteiger partial charge in [0.05, 0.1) is 20.3 Å². The highest BCUT2D eigenvalue weighted by molar-refractivity contribution is 6.17. The Kier molecular flexibility index (Phi) is 6.43. The minimum atomic E-state index is 0.575. The van der Waals surface area contributed by atoms with Crippen LogP contribution in [0.15, 0.2) is 24.3 Å². The van der Waals surface area contributed by atoms with Crippen molar-refractivity contribution >= 4 is 17.3 Å². The third kappa shape index (κ3) is 4.54. The van der Waals surface area contributed by atoms with Gasteiger partial charge in [0, 0.05) is 44.3 Å². The summed E-state index contributed by atoms with van der Waals surface area (Å²) in [5.74, 6) is 1.48. The van der Waals surface area contributed by atoms with Crippen molar-refractivity contribution in [3.8, 4) is 5.75 Å². The largest absolute Gasteiger partial charge is 0.497 e. The van der Waals surface area contributed by atoms with Crippen LogP contribution in [0.25, 0.3) is 0 Å². The van der Waals surface area contributed by atoms with Gasteiger partial charge in [-0.15, -0.1) is 11.6 Å². The van der Waals surface area contributed by atoms with Crippen LogP contribution in [0.4, 0.5) is 5.69 Å². The van der Waals surface area contributed by atoms with Crippen LogP contribution >= 0.6 is 11.6 Å². The molecule has 1 saturated heterocycles. The molecule has 112 valence electrons. The first-order valence-electron chi connectivity index (χ1n) is 7.08. The zero-order chi connectivity index (χ0) is 14.2. The molecular weight excluding hydrogens is 276 g/mol. The van der Waals surface area contributed by atoms with Gasteiger partial charge < -0.3 is 14.4 Å². The fourth-order valence-corrected chi connectivity index (χ4v) is 2.48. The molecule has 1 aliphatic rings. The van der Waals surface area contributed by atoms with Gasteiger partial charge in [0.1, 0.15) is 5.75 Å². The maximum Gasteiger partial charge on any atom is 0.119 e. The van der Waals surface area contributed by atoms with E-state index in [0.717, 1.165) is 45.1 Å². The van der Waals surface area contributed by atoms with E-state index in [0.29, 0.717) is 12.5 Å². The van der Waals surface area contributed by atoms with Gasteiger partial charge in [-0.3, -0.25) is 4.90 Å². The number of alkyl halides is 1. The highest BCUT2D eigenvalue weighted by atomic mass is 35.5. The summed E-state index contributed by atoms with van der Waals surface area (Å²) in [5, 5.41) is 0. The Morgan fingerprint density at radius 2 is 1.75 bits per heavy atom. The number of halogens is 1. The minimum absolute atomic E-state index is 0.575. The normalized spacial score (nSPS) is 16.4. The Morgan fingerprint density at radius 3 is 2.35 bits per heavy atom. The fourth-order valence-electron chi connectivity index (χ4n) is 2.37. The van der Waals surface area contributed by atoms with Crippen molar-refractivity contribution in [1.29, 1.82) is 0 Å². The number of methoxy groups -OCH3 is 1. The van der Waals surface area contributed by atoms with E-state index in [9.17, 15) is 0 Å². The second-order valence-corrected chi connectivity index (χ2v) is 5.21. The van der Waals surface area contributed by atoms with Crippen LogP contribution in [0.2, 0.25) is 0 Å². The highest BCUT2D eigenvalue weighted by Crippen LogP contribution is 2.20. The van der Waals surface area contributed by atoms with E-state index >= 15 is 0 Å². The van der Waals surface area contributed by atoms with Gasteiger partial charge in [-0.1, -0.05) is 0 Å². The molecular formula is C15H23ClN2O2. The highest BCUT2D eigenvalue weighted by Gasteiger charge is 2.16. The van der Waals surface area contributed by atoms with Crippen molar-refractivity contribution in [3.63, 3.8) is 0 Å². The summed E-state index contributed by atoms with van der Waals surface area (Å²) in [7, 11) is 1.69. The molecule has 0 unspecified atom stereocenters. The van der Waals surface area contributed by atoms with Crippen LogP contribution in [-0.2, 0) is 4.74 Å². The maximum absolute atomic E-state index is 5.58. The van der Waals surface area contributed by atoms with Gasteiger partial charge in [-0.25, -0.2) is 0 Å². The molecule has 0 aromatic heterocycles. The predicted molar refractivity (Wildman–Crippen MR) is 83.2 cm³/mol. The van der Waals surface area contributed by atoms with Gasteiger partial charge in [-0.2, -0.15) is 0 Å². The second-order valence-electron chi connectivity index (χ2n) is 4.83. The summed E-state index contributed by atoms with van der Waals surface area (Å²) in [6.07, 6.45) is 0. The molecule has 1 aliphatic heterocycles. The lowest BCUT2D eigenvalue weighted by Crippen LogP contribution is -2.47. The molecule has 0 N–H and O–H groups in total. The molecule has 1 heterocycles. The number of piperazine rings is 1. The quantitative estimate of drug-likeness (QED) is 0.568. The van der Waals surface area contributed by atoms with E-state index in [1.54, 1.807) is 7.11 Å². The van der Waals surface area contributed by atoms with E-state index in [-0.39, 0.29) is 0 Å². The van der Waals surface area contributed by atoms with Gasteiger partial charge in [0.25, 0.3) is 0 Å². The third-order valence-electron chi connectivity index (χ3n) is 3.58. The molecule has 4 nitrogen and oxygen atoms in total. The van der Waals surface area contributed by atoms with Crippen LogP contribution in [0, 0.1) is 0 Å². The molecule has 0 spiro atoms. The topological polar surface area (TPSA) is 24.9 Å². The lowest BCUT2D eigenvalue weighted by atomic mass is 10.2. The Morgan fingerprint density at radius 1 is 1.05 bits per heavy atom. The van der Waals surface area contributed by atoms with Crippen molar-refractivity contribution in [1.82, 2.24) is 4.90 Å². The van der Waals surface area contributed by atoms with Gasteiger partial charge in [0.2, 0.25) is 0 Å². The first-order valence-corrected chi connectivity index (χ1v) is 7.62. The van der Waals surface area contributed by atoms with Crippen molar-refractivity contribution in [3.05, 3.63) is 24.3 Å². The van der Waals surface area contributed by atoms with Gasteiger partial charge in [-0.05, 0) is 24.3 Å². The van der Waals surface area contributed by atoms with Crippen molar-refractivity contribution < 1.29 is 9.47 Å². The zero-order valence-electron chi connectivity index (χ0n) is 12.1. The molecule has 1 fully saturated rings. The number of ether oxygens (including phenoxy) is 2. The zero-order valence-corrected chi connectivity index (χ0v) is 12.8. The van der Waals surface area contributed by atoms with Crippen LogP contribution < -0.4 is 9.64 Å². The molecule has 5 heteroatoms. The van der Waals surface area contributed by atoms with Crippen molar-refractivity contribution in [2.24, 2.45) is 0 Å². The molecule has 0 bridgehead atoms. The first-order chi connectivity index (χ1) is 9.83. The standard InChI is InChI=1S/C15H23ClN2O2/c1-19-15-4-2-14(3-5-15)18-9-7-17(8-10-18)11-13-20-12-6-16/h2-5H,6-13H2,1H3. The molecule has 0 aliphatic carbocycles. The molecule has 1 aromatic rings. The fraction of sp³-hybridized carbons (Fsp3) is 0.600. The van der Waals surface area contributed by atoms with Gasteiger partial charge >= 0.3 is 0 Å². The number of anilines is 1. The Bertz CT molecular complexity index is 378. The monoisotopic (exact) mass is 298 g/mol. The molecule has 1 aromatic carbocycles. The summed E-state index contributed by atoms with van der Waals surface area (Å²) in [6.45, 7) is 6.69. The summed E-state index contributed by atoms with van der Waals surface area (Å²) >= 11 is 5.58. The van der Waals surface area contributed by atoms with Gasteiger partial charge in [0.15, 0.2) is 0 Å². The average Bonchev–Trinajstić information content (AvgIpc) is 2.52. The molecule has 0 amide bonds. The molecule has 0 saturated carbocycles. The Hall–Kier alpha value is -0.970. The number of hydrogen-bond acceptors (Lipinski definition) is 4. The molecule has 2 rings (SSSR count). The van der Waals surface area contributed by atoms with Crippen LogP contribution in [0.3, 0.4) is 0 Å². The lowest BCUT2D eigenvalue weighted by Gasteiger charge is -2.36. The Labute approximate surface area is 126 Å². The van der Waals surface area contributed by atoms with Crippen molar-refractivity contribution in [2.45, 2.75) is 0 Å². The number of rotatable bonds is 7. The lowest BCUT2D eigenvalue weighted by molar-refractivity contribution is 0.112. The summed E-state index contributed by atoms with van der Waals surface area (Å²) in [5.41, 5.74) is 1.27. The minimum Gasteiger partial charge on any atom is -0.497 e. The van der Waals surface area contributed by atoms with E-state index in [1.807, 2.05) is 12.1 Å². The number of benzene rings is 1. The molecule has 0 radical (unpaired) electrons. The smallest absolute Gasteiger partial charge is 0.119 e. The van der Waals surface area contributed by atoms with Crippen LogP contribution in [0.1, 0.15) is 0 Å². The van der Waals surface area contributed by atoms with Crippen molar-refractivity contribution in [2.75, 3.05) is 63.8 Å². The maximum atomic E-state index is 5.58. The third-order valence-corrected chi connectivity index (χ3v) is 3.74. The van der Waals surface area contributed by atoms with Crippen LogP contribution in [-0.4, -0.2) is 63.8 Å². The first kappa shape index (κ1) is 15.4. The number of hydrogen-bond donors (Lipinski definition) is 0. The van der Waals surface area contributed by atoms with Crippen LogP contribution in [0.5, 0.6) is 5.75 Å². The summed E-state index contributed by atoms with van der Waals surface area (Å²) in [4.78, 5) is 4.85. The molecule has 20 heavy (non-hydrogen) atoms. The summed E-state index contributed by atoms with van der Waals surface area (Å²) in [6, 6.07) is 8.28. The SMILES string of the molecule is COc1ccc(N2CCN(CCOCCCl)CC2)cc1. The van der Waals surface area contributed by atoms with E-state index < -0.39 is 0 Å². The second kappa shape index (κ2) is 8.35. The predicted octanol–water partition coefficient (Wildman–Crippen LogP) is 2.07.